The van der Waals surface area contributed by atoms with Gasteiger partial charge in [0, 0.05) is 6.08 Å². The molecular formula is C7H11BrNO3P. The molecule has 0 aromatic carbocycles. The highest BCUT2D eigenvalue weighted by atomic mass is 79.9. The Labute approximate surface area is 87.9 Å². The Balaban J connectivity index is 0.00000144. The molecule has 1 aliphatic rings. The Morgan fingerprint density at radius 3 is 2.69 bits per heavy atom. The Morgan fingerprint density at radius 2 is 2.23 bits per heavy atom. The van der Waals surface area contributed by atoms with E-state index < -0.39 is 7.60 Å². The second kappa shape index (κ2) is 5.53. The maximum atomic E-state index is 10.5. The molecule has 0 unspecified atom stereocenters. The molecule has 74 valence electrons. The van der Waals surface area contributed by atoms with Gasteiger partial charge in [0.05, 0.1) is 25.3 Å². The summed E-state index contributed by atoms with van der Waals surface area (Å²) in [5, 5.41) is 0. The average Bonchev–Trinajstić information content (AvgIpc) is 2.02. The molecular weight excluding hydrogens is 257 g/mol. The van der Waals surface area contributed by atoms with Crippen molar-refractivity contribution in [2.24, 2.45) is 0 Å². The Bertz CT molecular complexity index is 248. The molecule has 0 saturated heterocycles. The van der Waals surface area contributed by atoms with Crippen LogP contribution in [-0.4, -0.2) is 33.9 Å². The van der Waals surface area contributed by atoms with Gasteiger partial charge in [-0.25, -0.2) is 4.90 Å². The van der Waals surface area contributed by atoms with E-state index in [1.807, 2.05) is 12.2 Å². The largest absolute Gasteiger partial charge is 1.00 e. The maximum Gasteiger partial charge on any atom is 0.327 e. The lowest BCUT2D eigenvalue weighted by Crippen LogP contribution is -3.00. The SMILES string of the molecule is O=P(O)(O)CCN1[C+]=CC=CC1.[Br-]. The van der Waals surface area contributed by atoms with Crippen LogP contribution in [0.4, 0.5) is 0 Å². The zero-order chi connectivity index (χ0) is 9.03. The zero-order valence-corrected chi connectivity index (χ0v) is 9.41. The van der Waals surface area contributed by atoms with Gasteiger partial charge in [-0.1, -0.05) is 0 Å². The van der Waals surface area contributed by atoms with Crippen LogP contribution in [0.2, 0.25) is 0 Å². The molecule has 2 N–H and O–H groups in total. The first-order valence-electron chi connectivity index (χ1n) is 3.62. The highest BCUT2D eigenvalue weighted by molar-refractivity contribution is 7.51. The van der Waals surface area contributed by atoms with Gasteiger partial charge in [-0.3, -0.25) is 4.57 Å². The number of nitrogens with zero attached hydrogens (tertiary/aromatic N) is 1. The van der Waals surface area contributed by atoms with Crippen LogP contribution in [0.3, 0.4) is 0 Å². The molecule has 0 aromatic heterocycles. The molecule has 0 atom stereocenters. The Kier molecular flexibility index (Phi) is 5.45. The lowest BCUT2D eigenvalue weighted by atomic mass is 10.3. The van der Waals surface area contributed by atoms with Crippen LogP contribution in [0.15, 0.2) is 18.2 Å². The van der Waals surface area contributed by atoms with Gasteiger partial charge in [0.2, 0.25) is 0 Å². The summed E-state index contributed by atoms with van der Waals surface area (Å²) in [7, 11) is -3.85. The number of allylic oxidation sites excluding steroid dienone is 2. The summed E-state index contributed by atoms with van der Waals surface area (Å²) >= 11 is 0. The van der Waals surface area contributed by atoms with Gasteiger partial charge in [-0.05, 0) is 0 Å². The van der Waals surface area contributed by atoms with E-state index >= 15 is 0 Å². The van der Waals surface area contributed by atoms with Crippen LogP contribution >= 0.6 is 7.60 Å². The first-order valence-corrected chi connectivity index (χ1v) is 5.42. The quantitative estimate of drug-likeness (QED) is 0.434. The predicted molar refractivity (Wildman–Crippen MR) is 45.4 cm³/mol. The normalized spacial score (nSPS) is 15.1. The van der Waals surface area contributed by atoms with E-state index in [1.54, 1.807) is 11.0 Å². The summed E-state index contributed by atoms with van der Waals surface area (Å²) in [6, 6.07) is 0. The number of halogens is 1. The molecule has 4 nitrogen and oxygen atoms in total. The van der Waals surface area contributed by atoms with Gasteiger partial charge in [0.1, 0.15) is 0 Å². The van der Waals surface area contributed by atoms with Crippen molar-refractivity contribution in [3.05, 3.63) is 24.4 Å². The molecule has 6 heteroatoms. The van der Waals surface area contributed by atoms with Gasteiger partial charge in [-0.15, -0.1) is 0 Å². The van der Waals surface area contributed by atoms with Crippen LogP contribution in [0, 0.1) is 6.20 Å². The maximum absolute atomic E-state index is 10.5. The smallest absolute Gasteiger partial charge is 0.327 e. The van der Waals surface area contributed by atoms with Crippen LogP contribution in [0.25, 0.3) is 0 Å². The van der Waals surface area contributed by atoms with Gasteiger partial charge >= 0.3 is 7.60 Å². The third kappa shape index (κ3) is 5.97. The van der Waals surface area contributed by atoms with Crippen molar-refractivity contribution < 1.29 is 31.3 Å². The molecule has 0 fully saturated rings. The Morgan fingerprint density at radius 1 is 1.54 bits per heavy atom. The average molecular weight is 268 g/mol. The molecule has 1 rings (SSSR count). The van der Waals surface area contributed by atoms with Gasteiger partial charge in [0.25, 0.3) is 0 Å². The van der Waals surface area contributed by atoms with Crippen molar-refractivity contribution in [1.82, 2.24) is 4.90 Å². The van der Waals surface area contributed by atoms with Crippen molar-refractivity contribution >= 4 is 7.60 Å². The van der Waals surface area contributed by atoms with Crippen molar-refractivity contribution in [2.75, 3.05) is 19.3 Å². The van der Waals surface area contributed by atoms with Crippen LogP contribution in [-0.2, 0) is 4.57 Å². The first kappa shape index (κ1) is 12.8. The molecule has 0 saturated carbocycles. The minimum atomic E-state index is -3.85. The summed E-state index contributed by atoms with van der Waals surface area (Å²) in [4.78, 5) is 18.9. The third-order valence-electron chi connectivity index (χ3n) is 1.48. The number of rotatable bonds is 3. The van der Waals surface area contributed by atoms with Crippen molar-refractivity contribution in [1.29, 1.82) is 0 Å². The molecule has 1 aliphatic heterocycles. The van der Waals surface area contributed by atoms with Crippen LogP contribution in [0.5, 0.6) is 0 Å². The van der Waals surface area contributed by atoms with E-state index in [9.17, 15) is 4.57 Å². The van der Waals surface area contributed by atoms with E-state index in [0.717, 1.165) is 0 Å². The standard InChI is InChI=1S/C7H10NO3P.BrH/c9-12(10,11)7-6-8-4-2-1-3-5-8;/h1-3H,4,6-7H2,(H-,9,10,11);1H. The minimum absolute atomic E-state index is 0. The second-order valence-corrected chi connectivity index (χ2v) is 4.33. The fraction of sp³-hybridized carbons (Fsp3) is 0.429. The van der Waals surface area contributed by atoms with Crippen molar-refractivity contribution in [3.63, 3.8) is 0 Å². The summed E-state index contributed by atoms with van der Waals surface area (Å²) < 4.78 is 10.5. The zero-order valence-electron chi connectivity index (χ0n) is 6.93. The summed E-state index contributed by atoms with van der Waals surface area (Å²) in [5.74, 6) is 0. The summed E-state index contributed by atoms with van der Waals surface area (Å²) in [5.41, 5.74) is 0. The van der Waals surface area contributed by atoms with E-state index in [4.69, 9.17) is 9.79 Å². The minimum Gasteiger partial charge on any atom is -1.00 e. The number of hydrogen-bond donors (Lipinski definition) is 2. The lowest BCUT2D eigenvalue weighted by Gasteiger charge is -2.12. The molecule has 0 aliphatic carbocycles. The van der Waals surface area contributed by atoms with Crippen LogP contribution < -0.4 is 17.0 Å². The van der Waals surface area contributed by atoms with Gasteiger partial charge < -0.3 is 26.8 Å². The van der Waals surface area contributed by atoms with Gasteiger partial charge in [0.15, 0.2) is 12.3 Å². The van der Waals surface area contributed by atoms with E-state index in [1.165, 1.54) is 0 Å². The van der Waals surface area contributed by atoms with Crippen LogP contribution in [0.1, 0.15) is 0 Å². The second-order valence-electron chi connectivity index (χ2n) is 2.56. The van der Waals surface area contributed by atoms with Crippen molar-refractivity contribution in [3.8, 4) is 0 Å². The summed E-state index contributed by atoms with van der Waals surface area (Å²) in [6.07, 6.45) is 8.25. The molecule has 0 amide bonds. The monoisotopic (exact) mass is 267 g/mol. The molecule has 1 heterocycles. The van der Waals surface area contributed by atoms with E-state index in [-0.39, 0.29) is 23.1 Å². The fourth-order valence-electron chi connectivity index (χ4n) is 0.864. The first-order chi connectivity index (χ1) is 5.58. The third-order valence-corrected chi connectivity index (χ3v) is 2.26. The van der Waals surface area contributed by atoms with Crippen molar-refractivity contribution in [2.45, 2.75) is 0 Å². The molecule has 13 heavy (non-hydrogen) atoms. The molecule has 0 aromatic rings. The predicted octanol–water partition coefficient (Wildman–Crippen LogP) is -2.64. The van der Waals surface area contributed by atoms with E-state index in [2.05, 4.69) is 6.20 Å². The fourth-order valence-corrected chi connectivity index (χ4v) is 1.37. The molecule has 0 spiro atoms. The topological polar surface area (TPSA) is 60.8 Å². The van der Waals surface area contributed by atoms with Gasteiger partial charge in [-0.2, -0.15) is 0 Å². The number of hydrogen-bond acceptors (Lipinski definition) is 2. The molecule has 0 bridgehead atoms. The Hall–Kier alpha value is -0.180. The highest BCUT2D eigenvalue weighted by Gasteiger charge is 2.16. The highest BCUT2D eigenvalue weighted by Crippen LogP contribution is 2.33. The lowest BCUT2D eigenvalue weighted by molar-refractivity contribution is -0.00000780. The molecule has 0 radical (unpaired) electrons. The van der Waals surface area contributed by atoms with E-state index in [0.29, 0.717) is 13.1 Å². The summed E-state index contributed by atoms with van der Waals surface area (Å²) in [6.45, 7) is 1.03.